The number of azo groups is 2. The minimum Gasteiger partial charge on any atom is -0.589 e. The number of nitrogens with two attached hydrogens (primary N) is 1. The Morgan fingerprint density at radius 2 is 1.34 bits per heavy atom. The molecule has 8 aromatic rings. The van der Waals surface area contributed by atoms with Crippen LogP contribution < -0.4 is 79.9 Å². The molecule has 5 aromatic carbocycles. The van der Waals surface area contributed by atoms with Crippen LogP contribution in [0.5, 0.6) is 11.5 Å². The summed E-state index contributed by atoms with van der Waals surface area (Å²) in [5.74, 6) is -0.728. The van der Waals surface area contributed by atoms with Crippen LogP contribution in [0.1, 0.15) is 11.4 Å². The topological polar surface area (TPSA) is 272 Å². The number of hydrogen-bond acceptors (Lipinski definition) is 12. The molecule has 0 saturated carbocycles. The van der Waals surface area contributed by atoms with Gasteiger partial charge in [0, 0.05) is 39.9 Å². The standard InChI is InChI=1S/C20H16N4O5S.C16H13N6O3S.Cr.2Na/c1-12-18(20(26)24(23-12)13-7-3-2-4-8-13)21-22-19-15-10-6-5-9-14(15)17(11-16(19)25)30(27,28)29;1-9-15(16-18-11-4-2-3-5-13(11)22(16)21-9)20-19-12-8-10(26(17,24)25)6-7-14(12)23;;;/h2-11H,1H3,(H3,21,22,23,25,26,27,28,29);2-8H,1H3,(H3-,17,18,19,20,21,23,24,25);;;/q;-1;;2*+1/p-1. The molecular weight excluding hydrogens is 863 g/mol. The second-order valence-corrected chi connectivity index (χ2v) is 15.1. The summed E-state index contributed by atoms with van der Waals surface area (Å²) in [4.78, 5) is 16.6. The van der Waals surface area contributed by atoms with Crippen LogP contribution in [0, 0.1) is 13.8 Å². The first-order chi connectivity index (χ1) is 26.6. The van der Waals surface area contributed by atoms with Crippen molar-refractivity contribution in [3.63, 3.8) is 0 Å². The Kier molecular flexibility index (Phi) is 15.1. The molecule has 0 aliphatic carbocycles. The molecule has 18 nitrogen and oxygen atoms in total. The van der Waals surface area contributed by atoms with Gasteiger partial charge in [-0.15, -0.1) is 26.2 Å². The Balaban J connectivity index is 0.000000250. The van der Waals surface area contributed by atoms with E-state index in [-0.39, 0.29) is 115 Å². The van der Waals surface area contributed by atoms with Gasteiger partial charge >= 0.3 is 59.1 Å². The Morgan fingerprint density at radius 1 is 0.729 bits per heavy atom. The zero-order valence-corrected chi connectivity index (χ0v) is 38.4. The summed E-state index contributed by atoms with van der Waals surface area (Å²) in [6.07, 6.45) is 0. The van der Waals surface area contributed by atoms with E-state index in [0.29, 0.717) is 28.4 Å². The van der Waals surface area contributed by atoms with Crippen LogP contribution in [0.15, 0.2) is 138 Å². The van der Waals surface area contributed by atoms with Gasteiger partial charge < -0.3 is 29.5 Å². The van der Waals surface area contributed by atoms with E-state index >= 15 is 0 Å². The van der Waals surface area contributed by atoms with Crippen molar-refractivity contribution in [1.82, 2.24) is 24.4 Å². The molecule has 0 aliphatic heterocycles. The number of para-hydroxylation sites is 3. The van der Waals surface area contributed by atoms with Crippen molar-refractivity contribution in [1.29, 1.82) is 0 Å². The molecule has 0 bridgehead atoms. The fourth-order valence-electron chi connectivity index (χ4n) is 5.70. The van der Waals surface area contributed by atoms with Crippen molar-refractivity contribution in [2.24, 2.45) is 25.6 Å². The predicted octanol–water partition coefficient (Wildman–Crippen LogP) is 0.151. The molecule has 59 heavy (non-hydrogen) atoms. The van der Waals surface area contributed by atoms with Gasteiger partial charge in [0.15, 0.2) is 0 Å². The number of aromatic nitrogens is 5. The zero-order chi connectivity index (χ0) is 39.9. The third-order valence-electron chi connectivity index (χ3n) is 8.35. The van der Waals surface area contributed by atoms with Gasteiger partial charge in [0.2, 0.25) is 10.0 Å². The first-order valence-electron chi connectivity index (χ1n) is 16.3. The zero-order valence-electron chi connectivity index (χ0n) is 31.5. The van der Waals surface area contributed by atoms with Gasteiger partial charge in [0.05, 0.1) is 10.6 Å². The van der Waals surface area contributed by atoms with Crippen molar-refractivity contribution in [3.8, 4) is 17.2 Å². The van der Waals surface area contributed by atoms with Gasteiger partial charge in [-0.3, -0.25) is 14.4 Å². The van der Waals surface area contributed by atoms with E-state index in [1.807, 2.05) is 30.3 Å². The average Bonchev–Trinajstić information content (AvgIpc) is 3.77. The molecule has 8 rings (SSSR count). The third-order valence-corrected chi connectivity index (χ3v) is 10.2. The first-order valence-corrected chi connectivity index (χ1v) is 19.2. The number of benzene rings is 5. The number of nitrogens with zero attached hydrogens (tertiary/aromatic N) is 9. The van der Waals surface area contributed by atoms with Gasteiger partial charge in [0.25, 0.3) is 15.7 Å². The summed E-state index contributed by atoms with van der Waals surface area (Å²) in [6.45, 7) is 3.37. The minimum atomic E-state index is -4.57. The second kappa shape index (κ2) is 18.8. The molecule has 5 N–H and O–H groups in total. The van der Waals surface area contributed by atoms with Crippen molar-refractivity contribution in [2.75, 3.05) is 0 Å². The number of phenolic OH excluding ortho intramolecular Hbond substituents is 2. The monoisotopic (exact) mass is 890 g/mol. The maximum atomic E-state index is 12.7. The summed E-state index contributed by atoms with van der Waals surface area (Å²) in [5, 5.41) is 50.4. The summed E-state index contributed by atoms with van der Waals surface area (Å²) < 4.78 is 58.5. The van der Waals surface area contributed by atoms with E-state index in [4.69, 9.17) is 5.14 Å². The van der Waals surface area contributed by atoms with Crippen LogP contribution in [-0.2, 0) is 37.5 Å². The molecule has 290 valence electrons. The van der Waals surface area contributed by atoms with Gasteiger partial charge in [-0.05, 0) is 53.9 Å². The van der Waals surface area contributed by atoms with Gasteiger partial charge in [-0.1, -0.05) is 73.7 Å². The maximum absolute atomic E-state index is 12.7. The molecule has 23 heteroatoms. The van der Waals surface area contributed by atoms with Crippen LogP contribution in [0.2, 0.25) is 0 Å². The number of rotatable bonds is 7. The Bertz CT molecular complexity index is 3190. The number of imidazole rings is 1. The minimum absolute atomic E-state index is 0. The SMILES string of the molecule is Cc1[n-]n(-c2ccccc2)c(=O)c1N=Nc1c(O)cc(S(=O)(=O)O)c2ccccc12.Cc1nn2c([n-]c3ccccc32)c1N=Nc1cc(S(N)(=O)=O)ccc1O.[Cr].[Na+].[Na+]. The number of hydrogen-bond donors (Lipinski definition) is 4. The average molecular weight is 891 g/mol. The summed E-state index contributed by atoms with van der Waals surface area (Å²) in [7, 11) is -8.49. The van der Waals surface area contributed by atoms with E-state index in [9.17, 15) is 36.4 Å². The molecule has 0 aliphatic rings. The van der Waals surface area contributed by atoms with E-state index < -0.39 is 36.3 Å². The van der Waals surface area contributed by atoms with E-state index in [1.54, 1.807) is 54.8 Å². The number of phenols is 2. The van der Waals surface area contributed by atoms with E-state index in [0.717, 1.165) is 23.2 Å². The van der Waals surface area contributed by atoms with Crippen molar-refractivity contribution in [2.45, 2.75) is 23.6 Å². The molecule has 3 aromatic heterocycles. The van der Waals surface area contributed by atoms with Crippen molar-refractivity contribution >= 4 is 70.3 Å². The first kappa shape index (κ1) is 47.2. The molecule has 3 heterocycles. The molecule has 0 unspecified atom stereocenters. The van der Waals surface area contributed by atoms with E-state index in [1.165, 1.54) is 28.9 Å². The van der Waals surface area contributed by atoms with Crippen LogP contribution in [0.25, 0.3) is 33.1 Å². The Hall–Kier alpha value is -4.47. The van der Waals surface area contributed by atoms with Crippen LogP contribution in [0.3, 0.4) is 0 Å². The molecule has 0 fully saturated rings. The molecule has 0 saturated heterocycles. The fraction of sp³-hybridized carbons (Fsp3) is 0.0556. The van der Waals surface area contributed by atoms with Gasteiger partial charge in [-0.25, -0.2) is 13.6 Å². The molecule has 0 radical (unpaired) electrons. The number of sulfonamides is 1. The third kappa shape index (κ3) is 9.79. The number of primary sulfonamides is 1. The summed E-state index contributed by atoms with van der Waals surface area (Å²) >= 11 is 0. The predicted molar refractivity (Wildman–Crippen MR) is 204 cm³/mol. The van der Waals surface area contributed by atoms with Crippen molar-refractivity contribution < 1.29 is 108 Å². The Labute approximate surface area is 390 Å². The number of aromatic hydroxyl groups is 2. The van der Waals surface area contributed by atoms with Crippen molar-refractivity contribution in [3.05, 3.63) is 125 Å². The second-order valence-electron chi connectivity index (χ2n) is 12.1. The largest absolute Gasteiger partial charge is 1.00 e. The Morgan fingerprint density at radius 3 is 2.02 bits per heavy atom. The summed E-state index contributed by atoms with van der Waals surface area (Å²) in [6, 6.07) is 27.0. The molecule has 0 atom stereocenters. The quantitative estimate of drug-likeness (QED) is 0.0950. The molecular formula is C36H28CrN10Na2O8S2. The smallest absolute Gasteiger partial charge is 0.589 e. The van der Waals surface area contributed by atoms with Gasteiger partial charge in [0.1, 0.15) is 39.1 Å². The normalized spacial score (nSPS) is 11.7. The fourth-order valence-corrected chi connectivity index (χ4v) is 6.95. The van der Waals surface area contributed by atoms with Crippen LogP contribution >= 0.6 is 0 Å². The number of aryl methyl sites for hydroxylation is 2. The number of fused-ring (bicyclic) bond motifs is 4. The molecule has 0 spiro atoms. The van der Waals surface area contributed by atoms with Crippen LogP contribution in [0.4, 0.5) is 22.7 Å². The van der Waals surface area contributed by atoms with Crippen LogP contribution in [-0.4, -0.2) is 45.9 Å². The van der Waals surface area contributed by atoms with E-state index in [2.05, 4.69) is 35.6 Å². The van der Waals surface area contributed by atoms with Gasteiger partial charge in [-0.2, -0.15) is 8.42 Å². The maximum Gasteiger partial charge on any atom is 1.00 e. The molecule has 0 amide bonds. The summed E-state index contributed by atoms with van der Waals surface area (Å²) in [5.41, 5.74) is 3.51.